The molecule has 0 aliphatic heterocycles. The third kappa shape index (κ3) is 2.55. The number of rotatable bonds is 3. The quantitative estimate of drug-likeness (QED) is 0.859. The van der Waals surface area contributed by atoms with Gasteiger partial charge in [0.25, 0.3) is 0 Å². The van der Waals surface area contributed by atoms with Crippen molar-refractivity contribution in [2.24, 2.45) is 0 Å². The molecule has 0 aliphatic rings. The number of aryl methyl sites for hydroxylation is 1. The van der Waals surface area contributed by atoms with Gasteiger partial charge in [-0.2, -0.15) is 0 Å². The van der Waals surface area contributed by atoms with Crippen LogP contribution in [-0.2, 0) is 6.42 Å². The fourth-order valence-electron chi connectivity index (χ4n) is 1.40. The Hall–Kier alpha value is -0.340. The summed E-state index contributed by atoms with van der Waals surface area (Å²) >= 11 is 3.58. The van der Waals surface area contributed by atoms with Gasteiger partial charge in [0, 0.05) is 4.47 Å². The Labute approximate surface area is 88.7 Å². The second-order valence-corrected chi connectivity index (χ2v) is 4.18. The van der Waals surface area contributed by atoms with Crippen LogP contribution in [0.1, 0.15) is 16.7 Å². The van der Waals surface area contributed by atoms with Gasteiger partial charge in [0.15, 0.2) is 0 Å². The molecule has 1 rings (SSSR count). The Kier molecular flexibility index (Phi) is 3.94. The van der Waals surface area contributed by atoms with E-state index in [4.69, 9.17) is 0 Å². The normalized spacial score (nSPS) is 10.5. The van der Waals surface area contributed by atoms with Crippen molar-refractivity contribution in [3.63, 3.8) is 0 Å². The van der Waals surface area contributed by atoms with Crippen LogP contribution >= 0.6 is 15.9 Å². The lowest BCUT2D eigenvalue weighted by atomic mass is 10.0. The average molecular weight is 242 g/mol. The van der Waals surface area contributed by atoms with Gasteiger partial charge in [-0.25, -0.2) is 0 Å². The van der Waals surface area contributed by atoms with E-state index in [0.717, 1.165) is 13.0 Å². The van der Waals surface area contributed by atoms with Crippen molar-refractivity contribution in [1.29, 1.82) is 0 Å². The van der Waals surface area contributed by atoms with Gasteiger partial charge in [0.1, 0.15) is 0 Å². The van der Waals surface area contributed by atoms with Gasteiger partial charge in [0.05, 0.1) is 0 Å². The van der Waals surface area contributed by atoms with Crippen molar-refractivity contribution in [3.8, 4) is 0 Å². The summed E-state index contributed by atoms with van der Waals surface area (Å²) in [6.07, 6.45) is 1.09. The van der Waals surface area contributed by atoms with Crippen molar-refractivity contribution in [3.05, 3.63) is 33.3 Å². The monoisotopic (exact) mass is 241 g/mol. The van der Waals surface area contributed by atoms with Crippen LogP contribution in [-0.4, -0.2) is 13.6 Å². The Morgan fingerprint density at radius 1 is 1.31 bits per heavy atom. The lowest BCUT2D eigenvalue weighted by molar-refractivity contribution is 0.786. The molecule has 1 nitrogen and oxygen atoms in total. The highest BCUT2D eigenvalue weighted by molar-refractivity contribution is 9.10. The number of likely N-dealkylation sites (N-methyl/N-ethyl adjacent to an activating group) is 1. The first-order valence-electron chi connectivity index (χ1n) is 4.56. The minimum atomic E-state index is 1.03. The second-order valence-electron chi connectivity index (χ2n) is 3.32. The first kappa shape index (κ1) is 10.7. The van der Waals surface area contributed by atoms with Gasteiger partial charge in [-0.05, 0) is 56.6 Å². The molecule has 13 heavy (non-hydrogen) atoms. The molecule has 0 saturated carbocycles. The summed E-state index contributed by atoms with van der Waals surface area (Å²) in [6.45, 7) is 5.37. The number of benzene rings is 1. The van der Waals surface area contributed by atoms with Crippen molar-refractivity contribution >= 4 is 15.9 Å². The lowest BCUT2D eigenvalue weighted by Crippen LogP contribution is -2.11. The molecular formula is C11H16BrN. The summed E-state index contributed by atoms with van der Waals surface area (Å²) < 4.78 is 1.23. The molecule has 0 atom stereocenters. The van der Waals surface area contributed by atoms with E-state index >= 15 is 0 Å². The summed E-state index contributed by atoms with van der Waals surface area (Å²) in [6, 6.07) is 4.29. The highest BCUT2D eigenvalue weighted by atomic mass is 79.9. The van der Waals surface area contributed by atoms with Crippen molar-refractivity contribution in [2.45, 2.75) is 20.3 Å². The van der Waals surface area contributed by atoms with Crippen molar-refractivity contribution in [2.75, 3.05) is 13.6 Å². The predicted molar refractivity (Wildman–Crippen MR) is 61.2 cm³/mol. The van der Waals surface area contributed by atoms with E-state index < -0.39 is 0 Å². The van der Waals surface area contributed by atoms with Gasteiger partial charge in [-0.1, -0.05) is 22.0 Å². The van der Waals surface area contributed by atoms with Crippen LogP contribution < -0.4 is 5.32 Å². The third-order valence-corrected chi connectivity index (χ3v) is 3.18. The van der Waals surface area contributed by atoms with Crippen LogP contribution in [0.25, 0.3) is 0 Å². The molecule has 0 spiro atoms. The van der Waals surface area contributed by atoms with Crippen molar-refractivity contribution < 1.29 is 0 Å². The minimum Gasteiger partial charge on any atom is -0.319 e. The smallest absolute Gasteiger partial charge is 0.0210 e. The number of nitrogens with one attached hydrogen (secondary N) is 1. The predicted octanol–water partition coefficient (Wildman–Crippen LogP) is 2.83. The Balaban J connectivity index is 2.96. The summed E-state index contributed by atoms with van der Waals surface area (Å²) in [7, 11) is 1.99. The molecule has 1 aromatic carbocycles. The van der Waals surface area contributed by atoms with E-state index in [9.17, 15) is 0 Å². The molecule has 0 saturated heterocycles. The molecule has 1 aromatic rings. The fraction of sp³-hybridized carbons (Fsp3) is 0.455. The molecule has 0 fully saturated rings. The maximum Gasteiger partial charge on any atom is 0.0210 e. The zero-order valence-electron chi connectivity index (χ0n) is 8.45. The summed E-state index contributed by atoms with van der Waals surface area (Å²) in [5.41, 5.74) is 4.20. The van der Waals surface area contributed by atoms with Crippen LogP contribution in [0.2, 0.25) is 0 Å². The third-order valence-electron chi connectivity index (χ3n) is 2.44. The lowest BCUT2D eigenvalue weighted by Gasteiger charge is -2.10. The maximum absolute atomic E-state index is 3.58. The van der Waals surface area contributed by atoms with Crippen molar-refractivity contribution in [1.82, 2.24) is 5.32 Å². The van der Waals surface area contributed by atoms with E-state index in [2.05, 4.69) is 47.2 Å². The molecule has 1 N–H and O–H groups in total. The van der Waals surface area contributed by atoms with E-state index in [1.807, 2.05) is 7.05 Å². The Morgan fingerprint density at radius 2 is 2.00 bits per heavy atom. The van der Waals surface area contributed by atoms with E-state index in [1.54, 1.807) is 0 Å². The SMILES string of the molecule is CNCCc1c(Br)ccc(C)c1C. The van der Waals surface area contributed by atoms with Gasteiger partial charge < -0.3 is 5.32 Å². The molecule has 72 valence electrons. The fourth-order valence-corrected chi connectivity index (χ4v) is 2.03. The van der Waals surface area contributed by atoms with Crippen LogP contribution in [0.15, 0.2) is 16.6 Å². The summed E-state index contributed by atoms with van der Waals surface area (Å²) in [4.78, 5) is 0. The molecular weight excluding hydrogens is 226 g/mol. The summed E-state index contributed by atoms with van der Waals surface area (Å²) in [5.74, 6) is 0. The van der Waals surface area contributed by atoms with E-state index in [0.29, 0.717) is 0 Å². The topological polar surface area (TPSA) is 12.0 Å². The summed E-state index contributed by atoms with van der Waals surface area (Å²) in [5, 5.41) is 3.17. The maximum atomic E-state index is 3.58. The van der Waals surface area contributed by atoms with Crippen LogP contribution in [0.4, 0.5) is 0 Å². The molecule has 0 aliphatic carbocycles. The van der Waals surface area contributed by atoms with Crippen LogP contribution in [0.5, 0.6) is 0 Å². The Bertz CT molecular complexity index is 294. The first-order chi connectivity index (χ1) is 6.16. The number of hydrogen-bond acceptors (Lipinski definition) is 1. The molecule has 0 unspecified atom stereocenters. The highest BCUT2D eigenvalue weighted by Gasteiger charge is 2.04. The number of halogens is 1. The van der Waals surface area contributed by atoms with E-state index in [1.165, 1.54) is 21.2 Å². The molecule has 0 heterocycles. The molecule has 0 bridgehead atoms. The van der Waals surface area contributed by atoms with Crippen LogP contribution in [0, 0.1) is 13.8 Å². The molecule has 0 radical (unpaired) electrons. The zero-order chi connectivity index (χ0) is 9.84. The minimum absolute atomic E-state index is 1.03. The van der Waals surface area contributed by atoms with E-state index in [-0.39, 0.29) is 0 Å². The average Bonchev–Trinajstić information content (AvgIpc) is 2.12. The first-order valence-corrected chi connectivity index (χ1v) is 5.35. The second kappa shape index (κ2) is 4.77. The zero-order valence-corrected chi connectivity index (χ0v) is 10.0. The molecule has 0 aromatic heterocycles. The highest BCUT2D eigenvalue weighted by Crippen LogP contribution is 2.23. The standard InChI is InChI=1S/C11H16BrN/c1-8-4-5-11(12)10(9(8)2)6-7-13-3/h4-5,13H,6-7H2,1-3H3. The molecule has 0 amide bonds. The van der Waals surface area contributed by atoms with Gasteiger partial charge in [-0.3, -0.25) is 0 Å². The van der Waals surface area contributed by atoms with Gasteiger partial charge >= 0.3 is 0 Å². The van der Waals surface area contributed by atoms with Crippen LogP contribution in [0.3, 0.4) is 0 Å². The largest absolute Gasteiger partial charge is 0.319 e. The molecule has 2 heteroatoms. The van der Waals surface area contributed by atoms with Gasteiger partial charge in [0.2, 0.25) is 0 Å². The number of hydrogen-bond donors (Lipinski definition) is 1. The van der Waals surface area contributed by atoms with Gasteiger partial charge in [-0.15, -0.1) is 0 Å². The Morgan fingerprint density at radius 3 is 2.62 bits per heavy atom.